The van der Waals surface area contributed by atoms with Crippen LogP contribution in [0, 0.1) is 0 Å². The average Bonchev–Trinajstić information content (AvgIpc) is 2.99. The van der Waals surface area contributed by atoms with E-state index in [4.69, 9.17) is 9.47 Å². The number of methoxy groups -OCH3 is 2. The van der Waals surface area contributed by atoms with Crippen LogP contribution in [-0.2, 0) is 9.59 Å². The number of fused-ring (bicyclic) bond motifs is 1. The average molecular weight is 414 g/mol. The molecule has 1 saturated heterocycles. The molecule has 1 heterocycles. The Kier molecular flexibility index (Phi) is 6.43. The molecular formula is C21H22N2O5S. The van der Waals surface area contributed by atoms with Crippen LogP contribution in [0.15, 0.2) is 35.2 Å². The molecule has 0 radical (unpaired) electrons. The molecular weight excluding hydrogens is 392 g/mol. The molecule has 0 atom stereocenters. The highest BCUT2D eigenvalue weighted by atomic mass is 32.2. The maximum absolute atomic E-state index is 12.8. The molecule has 0 spiro atoms. The van der Waals surface area contributed by atoms with Crippen molar-refractivity contribution in [3.05, 3.63) is 40.8 Å². The SMILES string of the molecule is CCCNC(=O)CN1C(=O)S/C(=C\c2c(OC)ccc3ccc(OC)cc23)C1=O. The van der Waals surface area contributed by atoms with Crippen LogP contribution in [0.5, 0.6) is 11.5 Å². The number of benzene rings is 2. The zero-order valence-corrected chi connectivity index (χ0v) is 17.3. The zero-order valence-electron chi connectivity index (χ0n) is 16.5. The van der Waals surface area contributed by atoms with E-state index in [0.29, 0.717) is 23.6 Å². The maximum atomic E-state index is 12.8. The molecule has 0 aromatic heterocycles. The quantitative estimate of drug-likeness (QED) is 0.699. The fourth-order valence-corrected chi connectivity index (χ4v) is 3.81. The van der Waals surface area contributed by atoms with Gasteiger partial charge >= 0.3 is 0 Å². The van der Waals surface area contributed by atoms with E-state index in [1.165, 1.54) is 0 Å². The van der Waals surface area contributed by atoms with E-state index >= 15 is 0 Å². The standard InChI is InChI=1S/C21H22N2O5S/c1-4-9-22-19(24)12-23-20(25)18(29-21(23)26)11-16-15-10-14(27-2)7-5-13(15)6-8-17(16)28-3/h5-8,10-11H,4,9,12H2,1-3H3,(H,22,24)/b18-11-. The van der Waals surface area contributed by atoms with Gasteiger partial charge in [0.2, 0.25) is 5.91 Å². The van der Waals surface area contributed by atoms with Crippen molar-refractivity contribution in [3.63, 3.8) is 0 Å². The lowest BCUT2D eigenvalue weighted by Gasteiger charge is -2.12. The van der Waals surface area contributed by atoms with Gasteiger partial charge in [0.25, 0.3) is 11.1 Å². The second-order valence-corrected chi connectivity index (χ2v) is 7.38. The number of thioether (sulfide) groups is 1. The molecule has 1 N–H and O–H groups in total. The molecule has 2 aromatic carbocycles. The summed E-state index contributed by atoms with van der Waals surface area (Å²) in [4.78, 5) is 38.2. The number of imide groups is 1. The van der Waals surface area contributed by atoms with Crippen molar-refractivity contribution in [1.29, 1.82) is 0 Å². The molecule has 0 unspecified atom stereocenters. The molecule has 1 aliphatic rings. The molecule has 0 bridgehead atoms. The number of rotatable bonds is 7. The number of carbonyl (C=O) groups excluding carboxylic acids is 3. The van der Waals surface area contributed by atoms with Crippen molar-refractivity contribution in [2.45, 2.75) is 13.3 Å². The van der Waals surface area contributed by atoms with Gasteiger partial charge in [0.15, 0.2) is 0 Å². The van der Waals surface area contributed by atoms with Crippen LogP contribution in [-0.4, -0.2) is 49.3 Å². The molecule has 2 aromatic rings. The summed E-state index contributed by atoms with van der Waals surface area (Å²) in [5, 5.41) is 3.97. The lowest BCUT2D eigenvalue weighted by Crippen LogP contribution is -2.39. The molecule has 0 saturated carbocycles. The Labute approximate surface area is 173 Å². The maximum Gasteiger partial charge on any atom is 0.294 e. The van der Waals surface area contributed by atoms with Crippen LogP contribution in [0.4, 0.5) is 4.79 Å². The molecule has 8 heteroatoms. The van der Waals surface area contributed by atoms with E-state index in [2.05, 4.69) is 5.32 Å². The summed E-state index contributed by atoms with van der Waals surface area (Å²) >= 11 is 0.812. The smallest absolute Gasteiger partial charge is 0.294 e. The Balaban J connectivity index is 1.97. The van der Waals surface area contributed by atoms with Gasteiger partial charge in [-0.3, -0.25) is 19.3 Å². The first kappa shape index (κ1) is 20.7. The lowest BCUT2D eigenvalue weighted by molar-refractivity contribution is -0.129. The van der Waals surface area contributed by atoms with Gasteiger partial charge in [-0.05, 0) is 53.2 Å². The minimum Gasteiger partial charge on any atom is -0.497 e. The number of hydrogen-bond acceptors (Lipinski definition) is 6. The van der Waals surface area contributed by atoms with Gasteiger partial charge in [0, 0.05) is 12.1 Å². The third-order valence-electron chi connectivity index (χ3n) is 4.47. The largest absolute Gasteiger partial charge is 0.497 e. The summed E-state index contributed by atoms with van der Waals surface area (Å²) in [7, 11) is 3.12. The predicted molar refractivity (Wildman–Crippen MR) is 113 cm³/mol. The molecule has 7 nitrogen and oxygen atoms in total. The van der Waals surface area contributed by atoms with Crippen LogP contribution in [0.1, 0.15) is 18.9 Å². The Morgan fingerprint density at radius 1 is 1.17 bits per heavy atom. The third-order valence-corrected chi connectivity index (χ3v) is 5.38. The summed E-state index contributed by atoms with van der Waals surface area (Å²) < 4.78 is 10.8. The number of nitrogens with zero attached hydrogens (tertiary/aromatic N) is 1. The summed E-state index contributed by atoms with van der Waals surface area (Å²) in [6, 6.07) is 9.33. The van der Waals surface area contributed by atoms with Crippen molar-refractivity contribution in [2.24, 2.45) is 0 Å². The van der Waals surface area contributed by atoms with Gasteiger partial charge in [-0.1, -0.05) is 19.1 Å². The molecule has 0 aliphatic carbocycles. The van der Waals surface area contributed by atoms with E-state index in [0.717, 1.165) is 33.9 Å². The van der Waals surface area contributed by atoms with E-state index in [-0.39, 0.29) is 17.4 Å². The van der Waals surface area contributed by atoms with E-state index in [1.54, 1.807) is 20.3 Å². The van der Waals surface area contributed by atoms with Crippen molar-refractivity contribution in [2.75, 3.05) is 27.3 Å². The van der Waals surface area contributed by atoms with Crippen LogP contribution in [0.2, 0.25) is 0 Å². The summed E-state index contributed by atoms with van der Waals surface area (Å²) in [6.45, 7) is 2.14. The number of nitrogens with one attached hydrogen (secondary N) is 1. The van der Waals surface area contributed by atoms with Crippen molar-refractivity contribution in [3.8, 4) is 11.5 Å². The molecule has 3 amide bonds. The Morgan fingerprint density at radius 3 is 2.62 bits per heavy atom. The topological polar surface area (TPSA) is 84.9 Å². The minimum atomic E-state index is -0.492. The van der Waals surface area contributed by atoms with Crippen molar-refractivity contribution in [1.82, 2.24) is 10.2 Å². The normalized spacial score (nSPS) is 15.3. The second-order valence-electron chi connectivity index (χ2n) is 6.39. The van der Waals surface area contributed by atoms with Gasteiger partial charge in [-0.15, -0.1) is 0 Å². The summed E-state index contributed by atoms with van der Waals surface area (Å²) in [5.41, 5.74) is 0.671. The van der Waals surface area contributed by atoms with Gasteiger partial charge in [-0.2, -0.15) is 0 Å². The van der Waals surface area contributed by atoms with Crippen LogP contribution < -0.4 is 14.8 Å². The number of carbonyl (C=O) groups is 3. The molecule has 1 fully saturated rings. The fraction of sp³-hybridized carbons (Fsp3) is 0.286. The Morgan fingerprint density at radius 2 is 1.93 bits per heavy atom. The molecule has 3 rings (SSSR count). The number of hydrogen-bond donors (Lipinski definition) is 1. The highest BCUT2D eigenvalue weighted by Gasteiger charge is 2.36. The highest BCUT2D eigenvalue weighted by molar-refractivity contribution is 8.18. The zero-order chi connectivity index (χ0) is 21.0. The molecule has 1 aliphatic heterocycles. The van der Waals surface area contributed by atoms with E-state index in [9.17, 15) is 14.4 Å². The van der Waals surface area contributed by atoms with Gasteiger partial charge < -0.3 is 14.8 Å². The first-order chi connectivity index (χ1) is 14.0. The highest BCUT2D eigenvalue weighted by Crippen LogP contribution is 2.37. The molecule has 152 valence electrons. The first-order valence-electron chi connectivity index (χ1n) is 9.15. The van der Waals surface area contributed by atoms with Crippen molar-refractivity contribution >= 4 is 45.7 Å². The number of ether oxygens (including phenoxy) is 2. The Bertz CT molecular complexity index is 997. The van der Waals surface area contributed by atoms with Crippen LogP contribution >= 0.6 is 11.8 Å². The Hall–Kier alpha value is -3.00. The van der Waals surface area contributed by atoms with E-state index in [1.807, 2.05) is 37.3 Å². The molecule has 29 heavy (non-hydrogen) atoms. The fourth-order valence-electron chi connectivity index (χ4n) is 2.99. The van der Waals surface area contributed by atoms with Crippen molar-refractivity contribution < 1.29 is 23.9 Å². The van der Waals surface area contributed by atoms with Gasteiger partial charge in [0.05, 0.1) is 19.1 Å². The van der Waals surface area contributed by atoms with Crippen LogP contribution in [0.25, 0.3) is 16.8 Å². The summed E-state index contributed by atoms with van der Waals surface area (Å²) in [6.07, 6.45) is 2.41. The van der Waals surface area contributed by atoms with Gasteiger partial charge in [-0.25, -0.2) is 0 Å². The lowest BCUT2D eigenvalue weighted by atomic mass is 10.0. The monoisotopic (exact) mass is 414 g/mol. The first-order valence-corrected chi connectivity index (χ1v) is 9.97. The van der Waals surface area contributed by atoms with Gasteiger partial charge in [0.1, 0.15) is 18.0 Å². The second kappa shape index (κ2) is 9.00. The summed E-state index contributed by atoms with van der Waals surface area (Å²) in [5.74, 6) is 0.385. The van der Waals surface area contributed by atoms with E-state index < -0.39 is 11.1 Å². The minimum absolute atomic E-state index is 0.243. The third kappa shape index (κ3) is 4.37. The number of amides is 3. The van der Waals surface area contributed by atoms with Crippen LogP contribution in [0.3, 0.4) is 0 Å². The predicted octanol–water partition coefficient (Wildman–Crippen LogP) is 3.42.